The van der Waals surface area contributed by atoms with Crippen LogP contribution < -0.4 is 5.32 Å². The molecule has 19 heavy (non-hydrogen) atoms. The Morgan fingerprint density at radius 1 is 1.16 bits per heavy atom. The Balaban J connectivity index is 0.00000180. The standard InChI is InChI=1S/C13H17Br2FN2.ClH/c14-11-7-10(8-12(15)9-11)13(1-2-16)18-5-3-17-4-6-18;/h7-9,13,17H,1-6H2;1H/t13-;/m0./s1. The van der Waals surface area contributed by atoms with E-state index in [0.717, 1.165) is 35.1 Å². The third-order valence-corrected chi connectivity index (χ3v) is 4.16. The molecule has 0 unspecified atom stereocenters. The Morgan fingerprint density at radius 3 is 2.26 bits per heavy atom. The van der Waals surface area contributed by atoms with Gasteiger partial charge in [-0.15, -0.1) is 12.4 Å². The Bertz CT molecular complexity index is 380. The zero-order chi connectivity index (χ0) is 13.0. The normalized spacial score (nSPS) is 17.8. The van der Waals surface area contributed by atoms with E-state index in [1.807, 2.05) is 6.07 Å². The van der Waals surface area contributed by atoms with Crippen LogP contribution in [-0.2, 0) is 0 Å². The maximum Gasteiger partial charge on any atom is 0.0912 e. The molecule has 2 rings (SSSR count). The molecule has 0 aliphatic carbocycles. The fourth-order valence-corrected chi connectivity index (χ4v) is 3.75. The van der Waals surface area contributed by atoms with Crippen LogP contribution in [0.15, 0.2) is 27.1 Å². The summed E-state index contributed by atoms with van der Waals surface area (Å²) in [6.45, 7) is 3.65. The van der Waals surface area contributed by atoms with Crippen molar-refractivity contribution in [3.63, 3.8) is 0 Å². The molecule has 1 aliphatic heterocycles. The molecule has 0 aromatic heterocycles. The number of rotatable bonds is 4. The third kappa shape index (κ3) is 4.97. The van der Waals surface area contributed by atoms with Crippen molar-refractivity contribution in [3.8, 4) is 0 Å². The van der Waals surface area contributed by atoms with Crippen molar-refractivity contribution in [2.45, 2.75) is 12.5 Å². The molecule has 0 amide bonds. The number of nitrogens with zero attached hydrogens (tertiary/aromatic N) is 1. The minimum atomic E-state index is -0.279. The van der Waals surface area contributed by atoms with Gasteiger partial charge in [0.25, 0.3) is 0 Å². The molecule has 0 bridgehead atoms. The van der Waals surface area contributed by atoms with Gasteiger partial charge in [-0.2, -0.15) is 0 Å². The highest BCUT2D eigenvalue weighted by molar-refractivity contribution is 9.11. The molecule has 1 aromatic carbocycles. The quantitative estimate of drug-likeness (QED) is 0.800. The van der Waals surface area contributed by atoms with Crippen LogP contribution in [0.3, 0.4) is 0 Å². The van der Waals surface area contributed by atoms with E-state index in [9.17, 15) is 4.39 Å². The molecule has 0 radical (unpaired) electrons. The van der Waals surface area contributed by atoms with Gasteiger partial charge in [0.2, 0.25) is 0 Å². The predicted molar refractivity (Wildman–Crippen MR) is 86.9 cm³/mol. The van der Waals surface area contributed by atoms with Gasteiger partial charge in [0.1, 0.15) is 0 Å². The van der Waals surface area contributed by atoms with Crippen LogP contribution in [0, 0.1) is 0 Å². The summed E-state index contributed by atoms with van der Waals surface area (Å²) in [6, 6.07) is 6.36. The van der Waals surface area contributed by atoms with Crippen LogP contribution >= 0.6 is 44.3 Å². The zero-order valence-electron chi connectivity index (χ0n) is 10.5. The molecule has 1 aliphatic rings. The largest absolute Gasteiger partial charge is 0.314 e. The van der Waals surface area contributed by atoms with Crippen molar-refractivity contribution >= 4 is 44.3 Å². The fraction of sp³-hybridized carbons (Fsp3) is 0.538. The van der Waals surface area contributed by atoms with Crippen molar-refractivity contribution in [1.29, 1.82) is 0 Å². The van der Waals surface area contributed by atoms with Gasteiger partial charge in [0.05, 0.1) is 6.67 Å². The van der Waals surface area contributed by atoms with Crippen molar-refractivity contribution in [2.24, 2.45) is 0 Å². The lowest BCUT2D eigenvalue weighted by Crippen LogP contribution is -2.45. The van der Waals surface area contributed by atoms with Gasteiger partial charge in [0, 0.05) is 41.2 Å². The van der Waals surface area contributed by atoms with Crippen LogP contribution in [0.2, 0.25) is 0 Å². The molecule has 1 fully saturated rings. The summed E-state index contributed by atoms with van der Waals surface area (Å²) in [5, 5.41) is 3.33. The number of halogens is 4. The van der Waals surface area contributed by atoms with Gasteiger partial charge < -0.3 is 5.32 Å². The fourth-order valence-electron chi connectivity index (χ4n) is 2.42. The third-order valence-electron chi connectivity index (χ3n) is 3.24. The van der Waals surface area contributed by atoms with E-state index in [4.69, 9.17) is 0 Å². The van der Waals surface area contributed by atoms with Gasteiger partial charge in [-0.05, 0) is 30.2 Å². The average molecular weight is 417 g/mol. The van der Waals surface area contributed by atoms with Gasteiger partial charge in [-0.25, -0.2) is 0 Å². The zero-order valence-corrected chi connectivity index (χ0v) is 14.5. The summed E-state index contributed by atoms with van der Waals surface area (Å²) in [4.78, 5) is 2.37. The Hall–Kier alpha value is 0.320. The number of hydrogen-bond donors (Lipinski definition) is 1. The molecule has 1 saturated heterocycles. The Kier molecular flexibility index (Phi) is 7.84. The molecular formula is C13H18Br2ClFN2. The first-order valence-electron chi connectivity index (χ1n) is 6.17. The molecule has 1 heterocycles. The van der Waals surface area contributed by atoms with E-state index in [0.29, 0.717) is 6.42 Å². The second kappa shape index (κ2) is 8.57. The predicted octanol–water partition coefficient (Wildman–Crippen LogP) is 3.94. The lowest BCUT2D eigenvalue weighted by molar-refractivity contribution is 0.157. The van der Waals surface area contributed by atoms with E-state index in [1.165, 1.54) is 5.56 Å². The summed E-state index contributed by atoms with van der Waals surface area (Å²) >= 11 is 7.00. The van der Waals surface area contributed by atoms with Crippen LogP contribution in [0.4, 0.5) is 4.39 Å². The van der Waals surface area contributed by atoms with Crippen LogP contribution in [-0.4, -0.2) is 37.8 Å². The highest BCUT2D eigenvalue weighted by atomic mass is 79.9. The summed E-state index contributed by atoms with van der Waals surface area (Å²) < 4.78 is 14.9. The van der Waals surface area contributed by atoms with Crippen molar-refractivity contribution in [2.75, 3.05) is 32.9 Å². The number of benzene rings is 1. The Labute approximate surface area is 136 Å². The van der Waals surface area contributed by atoms with Gasteiger partial charge in [-0.3, -0.25) is 9.29 Å². The number of nitrogens with one attached hydrogen (secondary N) is 1. The van der Waals surface area contributed by atoms with Crippen molar-refractivity contribution < 1.29 is 4.39 Å². The Morgan fingerprint density at radius 2 is 1.74 bits per heavy atom. The van der Waals surface area contributed by atoms with Gasteiger partial charge >= 0.3 is 0 Å². The SMILES string of the molecule is Cl.FCC[C@@H](c1cc(Br)cc(Br)c1)N1CCNCC1. The summed E-state index contributed by atoms with van der Waals surface area (Å²) in [5.74, 6) is 0. The number of hydrogen-bond acceptors (Lipinski definition) is 2. The van der Waals surface area contributed by atoms with E-state index in [-0.39, 0.29) is 25.1 Å². The van der Waals surface area contributed by atoms with Crippen LogP contribution in [0.25, 0.3) is 0 Å². The topological polar surface area (TPSA) is 15.3 Å². The number of piperazine rings is 1. The molecule has 1 N–H and O–H groups in total. The number of alkyl halides is 1. The second-order valence-electron chi connectivity index (χ2n) is 4.48. The van der Waals surface area contributed by atoms with Crippen molar-refractivity contribution in [3.05, 3.63) is 32.7 Å². The van der Waals surface area contributed by atoms with Crippen molar-refractivity contribution in [1.82, 2.24) is 10.2 Å². The highest BCUT2D eigenvalue weighted by Crippen LogP contribution is 2.30. The molecule has 0 spiro atoms. The van der Waals surface area contributed by atoms with E-state index in [1.54, 1.807) is 0 Å². The molecule has 1 atom stereocenters. The lowest BCUT2D eigenvalue weighted by atomic mass is 10.0. The maximum absolute atomic E-state index is 12.8. The highest BCUT2D eigenvalue weighted by Gasteiger charge is 2.22. The van der Waals surface area contributed by atoms with Gasteiger partial charge in [-0.1, -0.05) is 31.9 Å². The van der Waals surface area contributed by atoms with E-state index >= 15 is 0 Å². The summed E-state index contributed by atoms with van der Waals surface area (Å²) in [7, 11) is 0. The van der Waals surface area contributed by atoms with Gasteiger partial charge in [0.15, 0.2) is 0 Å². The lowest BCUT2D eigenvalue weighted by Gasteiger charge is -2.35. The summed E-state index contributed by atoms with van der Waals surface area (Å²) in [6.07, 6.45) is 0.558. The first-order chi connectivity index (χ1) is 8.70. The molecule has 0 saturated carbocycles. The minimum absolute atomic E-state index is 0. The van der Waals surface area contributed by atoms with Crippen LogP contribution in [0.1, 0.15) is 18.0 Å². The summed E-state index contributed by atoms with van der Waals surface area (Å²) in [5.41, 5.74) is 1.18. The molecule has 2 nitrogen and oxygen atoms in total. The maximum atomic E-state index is 12.8. The molecule has 1 aromatic rings. The monoisotopic (exact) mass is 414 g/mol. The van der Waals surface area contributed by atoms with E-state index < -0.39 is 0 Å². The molecule has 6 heteroatoms. The molecule has 108 valence electrons. The second-order valence-corrected chi connectivity index (χ2v) is 6.31. The van der Waals surface area contributed by atoms with E-state index in [2.05, 4.69) is 54.2 Å². The minimum Gasteiger partial charge on any atom is -0.314 e. The first kappa shape index (κ1) is 17.4. The average Bonchev–Trinajstić information content (AvgIpc) is 2.36. The smallest absolute Gasteiger partial charge is 0.0912 e. The first-order valence-corrected chi connectivity index (χ1v) is 7.76. The van der Waals surface area contributed by atoms with Crippen LogP contribution in [0.5, 0.6) is 0 Å². The molecular weight excluding hydrogens is 398 g/mol.